The molecule has 1 amide bonds. The Labute approximate surface area is 184 Å². The number of rotatable bonds is 7. The summed E-state index contributed by atoms with van der Waals surface area (Å²) in [5.41, 5.74) is 0.809. The number of carbonyl (C=O) groups is 2. The zero-order chi connectivity index (χ0) is 23.0. The number of hydrogen-bond acceptors (Lipinski definition) is 6. The van der Waals surface area contributed by atoms with E-state index < -0.39 is 29.3 Å². The zero-order valence-corrected chi connectivity index (χ0v) is 18.0. The number of nitrogens with zero attached hydrogens (tertiary/aromatic N) is 2. The highest BCUT2D eigenvalue weighted by atomic mass is 19.1. The van der Waals surface area contributed by atoms with E-state index in [4.69, 9.17) is 9.15 Å². The van der Waals surface area contributed by atoms with E-state index in [2.05, 4.69) is 0 Å². The van der Waals surface area contributed by atoms with Crippen molar-refractivity contribution in [2.45, 2.75) is 6.04 Å². The molecule has 1 aliphatic heterocycles. The van der Waals surface area contributed by atoms with Gasteiger partial charge in [0.15, 0.2) is 22.9 Å². The van der Waals surface area contributed by atoms with Gasteiger partial charge in [-0.05, 0) is 43.9 Å². The fourth-order valence-corrected chi connectivity index (χ4v) is 3.86. The summed E-state index contributed by atoms with van der Waals surface area (Å²) in [4.78, 5) is 29.7. The van der Waals surface area contributed by atoms with Gasteiger partial charge in [-0.15, -0.1) is 0 Å². The van der Waals surface area contributed by atoms with Crippen LogP contribution in [0.15, 0.2) is 64.3 Å². The molecule has 0 spiro atoms. The molecule has 2 heterocycles. The summed E-state index contributed by atoms with van der Waals surface area (Å²) >= 11 is 0. The highest BCUT2D eigenvalue weighted by Crippen LogP contribution is 2.40. The Morgan fingerprint density at radius 2 is 1.94 bits per heavy atom. The molecule has 7 nitrogen and oxygen atoms in total. The molecular weight excluding hydrogens is 415 g/mol. The maximum Gasteiger partial charge on any atom is 0.290 e. The van der Waals surface area contributed by atoms with Crippen LogP contribution in [0.25, 0.3) is 11.0 Å². The quantitative estimate of drug-likeness (QED) is 0.566. The number of aliphatic hydroxyl groups excluding tert-OH is 1. The van der Waals surface area contributed by atoms with Gasteiger partial charge >= 0.3 is 0 Å². The number of ketones is 1. The number of fused-ring (bicyclic) bond motifs is 1. The number of furan rings is 1. The molecule has 0 fully saturated rings. The second-order valence-corrected chi connectivity index (χ2v) is 7.84. The van der Waals surface area contributed by atoms with Crippen molar-refractivity contribution in [1.82, 2.24) is 9.80 Å². The Morgan fingerprint density at radius 1 is 1.22 bits per heavy atom. The average molecular weight is 438 g/mol. The minimum absolute atomic E-state index is 0.0274. The molecule has 0 bridgehead atoms. The molecule has 1 aliphatic rings. The molecule has 4 rings (SSSR count). The van der Waals surface area contributed by atoms with Crippen LogP contribution in [-0.2, 0) is 4.79 Å². The maximum absolute atomic E-state index is 13.5. The molecule has 0 saturated heterocycles. The number of carbonyl (C=O) groups excluding carboxylic acids is 2. The number of hydrogen-bond donors (Lipinski definition) is 1. The average Bonchev–Trinajstić information content (AvgIpc) is 3.32. The summed E-state index contributed by atoms with van der Waals surface area (Å²) in [6.07, 6.45) is 0. The van der Waals surface area contributed by atoms with Gasteiger partial charge in [-0.25, -0.2) is 4.39 Å². The van der Waals surface area contributed by atoms with Gasteiger partial charge in [0, 0.05) is 18.5 Å². The van der Waals surface area contributed by atoms with Gasteiger partial charge in [0.1, 0.15) is 5.82 Å². The third-order valence-corrected chi connectivity index (χ3v) is 5.47. The van der Waals surface area contributed by atoms with Crippen LogP contribution < -0.4 is 4.74 Å². The molecule has 32 heavy (non-hydrogen) atoms. The van der Waals surface area contributed by atoms with Crippen molar-refractivity contribution in [2.75, 3.05) is 34.3 Å². The molecule has 166 valence electrons. The molecular formula is C24H23FN2O5. The Balaban J connectivity index is 1.79. The first-order valence-electron chi connectivity index (χ1n) is 10.1. The second kappa shape index (κ2) is 8.47. The van der Waals surface area contributed by atoms with E-state index in [1.807, 2.05) is 19.0 Å². The van der Waals surface area contributed by atoms with Crippen LogP contribution in [0.2, 0.25) is 0 Å². The molecule has 0 aliphatic carbocycles. The Morgan fingerprint density at radius 3 is 2.59 bits per heavy atom. The van der Waals surface area contributed by atoms with Gasteiger partial charge in [0.05, 0.1) is 18.7 Å². The van der Waals surface area contributed by atoms with E-state index in [-0.39, 0.29) is 17.9 Å². The van der Waals surface area contributed by atoms with Crippen molar-refractivity contribution >= 4 is 22.7 Å². The number of methoxy groups -OCH3 is 1. The summed E-state index contributed by atoms with van der Waals surface area (Å²) in [5.74, 6) is -1.90. The summed E-state index contributed by atoms with van der Waals surface area (Å²) in [7, 11) is 5.21. The smallest absolute Gasteiger partial charge is 0.290 e. The van der Waals surface area contributed by atoms with Gasteiger partial charge < -0.3 is 24.1 Å². The minimum atomic E-state index is -0.870. The van der Waals surface area contributed by atoms with E-state index in [0.717, 1.165) is 0 Å². The summed E-state index contributed by atoms with van der Waals surface area (Å²) in [6, 6.07) is 11.5. The zero-order valence-electron chi connectivity index (χ0n) is 18.0. The molecule has 1 atom stereocenters. The van der Waals surface area contributed by atoms with Crippen molar-refractivity contribution in [3.63, 3.8) is 0 Å². The van der Waals surface area contributed by atoms with E-state index in [1.165, 1.54) is 36.3 Å². The molecule has 3 aromatic rings. The van der Waals surface area contributed by atoms with Crippen LogP contribution in [0.4, 0.5) is 4.39 Å². The third-order valence-electron chi connectivity index (χ3n) is 5.47. The lowest BCUT2D eigenvalue weighted by Gasteiger charge is -2.27. The monoisotopic (exact) mass is 438 g/mol. The second-order valence-electron chi connectivity index (χ2n) is 7.84. The first-order chi connectivity index (χ1) is 15.3. The van der Waals surface area contributed by atoms with Gasteiger partial charge in [-0.1, -0.05) is 24.3 Å². The minimum Gasteiger partial charge on any atom is -0.503 e. The number of ether oxygens (including phenoxy) is 1. The fourth-order valence-electron chi connectivity index (χ4n) is 3.86. The van der Waals surface area contributed by atoms with Crippen LogP contribution in [0.5, 0.6) is 5.75 Å². The number of para-hydroxylation sites is 1. The first-order valence-corrected chi connectivity index (χ1v) is 10.1. The number of halogens is 1. The Kier molecular flexibility index (Phi) is 5.71. The third kappa shape index (κ3) is 3.73. The standard InChI is InChI=1S/C24H23FN2O5/c1-26(2)11-12-27-20(14-7-9-16(25)10-8-14)19(22(29)24(27)30)21(28)18-13-15-5-4-6-17(31-3)23(15)32-18/h4-10,13,20,29H,11-12H2,1-3H3/t20-/m0/s1. The van der Waals surface area contributed by atoms with Crippen LogP contribution in [0, 0.1) is 5.82 Å². The van der Waals surface area contributed by atoms with Crippen molar-refractivity contribution in [1.29, 1.82) is 0 Å². The van der Waals surface area contributed by atoms with Crippen molar-refractivity contribution in [3.8, 4) is 5.75 Å². The molecule has 2 aromatic carbocycles. The molecule has 1 N–H and O–H groups in total. The lowest BCUT2D eigenvalue weighted by Crippen LogP contribution is -2.36. The number of likely N-dealkylation sites (N-methyl/N-ethyl adjacent to an activating group) is 1. The first kappa shape index (κ1) is 21.6. The van der Waals surface area contributed by atoms with Gasteiger partial charge in [0.25, 0.3) is 5.91 Å². The van der Waals surface area contributed by atoms with Crippen LogP contribution >= 0.6 is 0 Å². The van der Waals surface area contributed by atoms with E-state index in [9.17, 15) is 19.1 Å². The van der Waals surface area contributed by atoms with Crippen molar-refractivity contribution < 1.29 is 28.2 Å². The molecule has 0 unspecified atom stereocenters. The Bertz CT molecular complexity index is 1210. The summed E-state index contributed by atoms with van der Waals surface area (Å²) in [5, 5.41) is 11.4. The molecule has 0 radical (unpaired) electrons. The SMILES string of the molecule is COc1cccc2cc(C(=O)C3=C(O)C(=O)N(CCN(C)C)[C@H]3c3ccc(F)cc3)oc12. The van der Waals surface area contributed by atoms with Crippen molar-refractivity contribution in [3.05, 3.63) is 77.0 Å². The van der Waals surface area contributed by atoms with E-state index in [0.29, 0.717) is 28.8 Å². The van der Waals surface area contributed by atoms with Crippen molar-refractivity contribution in [2.24, 2.45) is 0 Å². The van der Waals surface area contributed by atoms with Gasteiger partial charge in [-0.2, -0.15) is 0 Å². The predicted octanol–water partition coefficient (Wildman–Crippen LogP) is 3.72. The number of Topliss-reactive ketones (excluding diaryl/α,β-unsaturated/α-hetero) is 1. The normalized spacial score (nSPS) is 16.5. The topological polar surface area (TPSA) is 83.2 Å². The lowest BCUT2D eigenvalue weighted by atomic mass is 9.95. The summed E-state index contributed by atoms with van der Waals surface area (Å²) < 4.78 is 24.6. The van der Waals surface area contributed by atoms with E-state index >= 15 is 0 Å². The highest BCUT2D eigenvalue weighted by molar-refractivity contribution is 6.16. The lowest BCUT2D eigenvalue weighted by molar-refractivity contribution is -0.129. The van der Waals surface area contributed by atoms with E-state index in [1.54, 1.807) is 24.3 Å². The number of benzene rings is 2. The van der Waals surface area contributed by atoms with Gasteiger partial charge in [0.2, 0.25) is 5.78 Å². The van der Waals surface area contributed by atoms with Crippen LogP contribution in [0.3, 0.4) is 0 Å². The molecule has 8 heteroatoms. The number of amides is 1. The molecule has 0 saturated carbocycles. The predicted molar refractivity (Wildman–Crippen MR) is 116 cm³/mol. The fraction of sp³-hybridized carbons (Fsp3) is 0.250. The number of aliphatic hydroxyl groups is 1. The van der Waals surface area contributed by atoms with Crippen LogP contribution in [0.1, 0.15) is 22.2 Å². The highest BCUT2D eigenvalue weighted by Gasteiger charge is 2.44. The van der Waals surface area contributed by atoms with Crippen LogP contribution in [-0.4, -0.2) is 60.9 Å². The Hall–Kier alpha value is -3.65. The maximum atomic E-state index is 13.5. The molecule has 1 aromatic heterocycles. The van der Waals surface area contributed by atoms with Gasteiger partial charge in [-0.3, -0.25) is 9.59 Å². The largest absolute Gasteiger partial charge is 0.503 e. The summed E-state index contributed by atoms with van der Waals surface area (Å²) in [6.45, 7) is 0.780.